The molecule has 0 aromatic carbocycles. The molecule has 0 radical (unpaired) electrons. The lowest BCUT2D eigenvalue weighted by Crippen LogP contribution is -2.17. The first-order chi connectivity index (χ1) is 8.70. The number of hydrazine groups is 1. The van der Waals surface area contributed by atoms with Gasteiger partial charge in [-0.25, -0.2) is 10.8 Å². The van der Waals surface area contributed by atoms with Gasteiger partial charge in [0.1, 0.15) is 10.6 Å². The van der Waals surface area contributed by atoms with Crippen LogP contribution in [0.4, 0.5) is 11.8 Å². The van der Waals surface area contributed by atoms with E-state index < -0.39 is 0 Å². The van der Waals surface area contributed by atoms with Gasteiger partial charge in [0.25, 0.3) is 0 Å². The topological polar surface area (TPSA) is 79.1 Å². The summed E-state index contributed by atoms with van der Waals surface area (Å²) in [5.74, 6) is 6.65. The van der Waals surface area contributed by atoms with Crippen molar-refractivity contribution in [3.8, 4) is 0 Å². The summed E-state index contributed by atoms with van der Waals surface area (Å²) in [5.41, 5.74) is 2.49. The molecule has 0 aliphatic heterocycles. The number of nitrogens with zero attached hydrogens (tertiary/aromatic N) is 3. The smallest absolute Gasteiger partial charge is 0.240 e. The second-order valence-electron chi connectivity index (χ2n) is 4.26. The van der Waals surface area contributed by atoms with E-state index in [2.05, 4.69) is 39.7 Å². The Morgan fingerprint density at radius 1 is 1.39 bits per heavy atom. The van der Waals surface area contributed by atoms with Crippen LogP contribution < -0.4 is 16.6 Å². The standard InChI is InChI=1S/C11H18N6S/c1-17(2)6-3-5-13-9-8-4-7-18-10(8)15-11(14-9)16-12/h4,7H,3,5-6,12H2,1-2H3,(H2,13,14,15,16). The van der Waals surface area contributed by atoms with Crippen molar-refractivity contribution in [1.82, 2.24) is 14.9 Å². The van der Waals surface area contributed by atoms with E-state index in [0.717, 1.165) is 35.5 Å². The number of hydrogen-bond donors (Lipinski definition) is 3. The summed E-state index contributed by atoms with van der Waals surface area (Å²) in [5, 5.41) is 6.39. The number of anilines is 2. The van der Waals surface area contributed by atoms with Crippen LogP contribution in [0.15, 0.2) is 11.4 Å². The van der Waals surface area contributed by atoms with Gasteiger partial charge in [-0.1, -0.05) is 0 Å². The zero-order valence-corrected chi connectivity index (χ0v) is 11.4. The first-order valence-electron chi connectivity index (χ1n) is 5.81. The Bertz CT molecular complexity index is 509. The van der Waals surface area contributed by atoms with Crippen LogP contribution >= 0.6 is 11.3 Å². The summed E-state index contributed by atoms with van der Waals surface area (Å²) in [6.07, 6.45) is 1.06. The molecular weight excluding hydrogens is 248 g/mol. The first-order valence-corrected chi connectivity index (χ1v) is 6.69. The third kappa shape index (κ3) is 3.06. The van der Waals surface area contributed by atoms with E-state index >= 15 is 0 Å². The molecule has 0 atom stereocenters. The fraction of sp³-hybridized carbons (Fsp3) is 0.455. The predicted molar refractivity (Wildman–Crippen MR) is 76.9 cm³/mol. The molecule has 0 saturated carbocycles. The molecular formula is C11H18N6S. The van der Waals surface area contributed by atoms with Gasteiger partial charge in [0.15, 0.2) is 0 Å². The van der Waals surface area contributed by atoms with Crippen molar-refractivity contribution in [3.05, 3.63) is 11.4 Å². The molecule has 0 unspecified atom stereocenters. The molecule has 0 bridgehead atoms. The highest BCUT2D eigenvalue weighted by molar-refractivity contribution is 7.16. The van der Waals surface area contributed by atoms with Gasteiger partial charge in [0, 0.05) is 6.54 Å². The van der Waals surface area contributed by atoms with E-state index in [-0.39, 0.29) is 0 Å². The summed E-state index contributed by atoms with van der Waals surface area (Å²) in [6, 6.07) is 2.02. The van der Waals surface area contributed by atoms with Gasteiger partial charge in [-0.15, -0.1) is 11.3 Å². The van der Waals surface area contributed by atoms with E-state index in [9.17, 15) is 0 Å². The summed E-state index contributed by atoms with van der Waals surface area (Å²) >= 11 is 1.58. The van der Waals surface area contributed by atoms with Crippen LogP contribution in [0.25, 0.3) is 10.2 Å². The number of fused-ring (bicyclic) bond motifs is 1. The highest BCUT2D eigenvalue weighted by Gasteiger charge is 2.07. The largest absolute Gasteiger partial charge is 0.369 e. The molecule has 0 aliphatic rings. The second kappa shape index (κ2) is 5.94. The second-order valence-corrected chi connectivity index (χ2v) is 5.16. The van der Waals surface area contributed by atoms with Crippen LogP contribution in [0.1, 0.15) is 6.42 Å². The minimum Gasteiger partial charge on any atom is -0.369 e. The number of nitrogens with two attached hydrogens (primary N) is 1. The molecule has 0 aliphatic carbocycles. The normalized spacial score (nSPS) is 11.1. The van der Waals surface area contributed by atoms with Gasteiger partial charge >= 0.3 is 0 Å². The summed E-state index contributed by atoms with van der Waals surface area (Å²) < 4.78 is 0. The third-order valence-corrected chi connectivity index (χ3v) is 3.34. The first kappa shape index (κ1) is 13.0. The molecule has 7 heteroatoms. The molecule has 4 N–H and O–H groups in total. The molecule has 0 saturated heterocycles. The maximum atomic E-state index is 5.37. The Morgan fingerprint density at radius 2 is 2.22 bits per heavy atom. The van der Waals surface area contributed by atoms with Crippen molar-refractivity contribution < 1.29 is 0 Å². The predicted octanol–water partition coefficient (Wildman–Crippen LogP) is 1.34. The monoisotopic (exact) mass is 266 g/mol. The zero-order valence-electron chi connectivity index (χ0n) is 10.6. The van der Waals surface area contributed by atoms with Gasteiger partial charge in [0.05, 0.1) is 5.39 Å². The van der Waals surface area contributed by atoms with E-state index in [0.29, 0.717) is 5.95 Å². The highest BCUT2D eigenvalue weighted by atomic mass is 32.1. The van der Waals surface area contributed by atoms with E-state index in [1.54, 1.807) is 11.3 Å². The minimum absolute atomic E-state index is 0.444. The SMILES string of the molecule is CN(C)CCCNc1nc(NN)nc2sccc12. The minimum atomic E-state index is 0.444. The lowest BCUT2D eigenvalue weighted by atomic mass is 10.3. The van der Waals surface area contributed by atoms with Gasteiger partial charge in [-0.05, 0) is 38.5 Å². The Hall–Kier alpha value is -1.44. The number of rotatable bonds is 6. The molecule has 2 aromatic heterocycles. The lowest BCUT2D eigenvalue weighted by molar-refractivity contribution is 0.405. The lowest BCUT2D eigenvalue weighted by Gasteiger charge is -2.11. The number of aromatic nitrogens is 2. The summed E-state index contributed by atoms with van der Waals surface area (Å²) in [6.45, 7) is 1.93. The van der Waals surface area contributed by atoms with Crippen LogP contribution in [0.3, 0.4) is 0 Å². The van der Waals surface area contributed by atoms with Crippen LogP contribution in [0.2, 0.25) is 0 Å². The van der Waals surface area contributed by atoms with Crippen LogP contribution in [-0.4, -0.2) is 42.1 Å². The van der Waals surface area contributed by atoms with Crippen molar-refractivity contribution in [3.63, 3.8) is 0 Å². The maximum absolute atomic E-state index is 5.37. The Labute approximate surface area is 110 Å². The molecule has 2 heterocycles. The van der Waals surface area contributed by atoms with Gasteiger partial charge in [0.2, 0.25) is 5.95 Å². The van der Waals surface area contributed by atoms with Crippen molar-refractivity contribution in [2.45, 2.75) is 6.42 Å². The summed E-state index contributed by atoms with van der Waals surface area (Å²) in [7, 11) is 4.14. The molecule has 2 aromatic rings. The quantitative estimate of drug-likeness (QED) is 0.416. The fourth-order valence-electron chi connectivity index (χ4n) is 1.66. The molecule has 0 amide bonds. The van der Waals surface area contributed by atoms with Crippen molar-refractivity contribution in [2.75, 3.05) is 37.9 Å². The summed E-state index contributed by atoms with van der Waals surface area (Å²) in [4.78, 5) is 11.7. The number of nitrogens with one attached hydrogen (secondary N) is 2. The Morgan fingerprint density at radius 3 is 2.94 bits per heavy atom. The fourth-order valence-corrected chi connectivity index (χ4v) is 2.42. The number of thiophene rings is 1. The number of hydrogen-bond acceptors (Lipinski definition) is 7. The Balaban J connectivity index is 2.08. The number of nitrogen functional groups attached to an aromatic ring is 1. The van der Waals surface area contributed by atoms with E-state index in [1.807, 2.05) is 11.4 Å². The Kier molecular flexibility index (Phi) is 4.29. The molecule has 98 valence electrons. The van der Waals surface area contributed by atoms with Crippen molar-refractivity contribution in [1.29, 1.82) is 0 Å². The average Bonchev–Trinajstić information content (AvgIpc) is 2.82. The molecule has 18 heavy (non-hydrogen) atoms. The molecule has 2 rings (SSSR count). The van der Waals surface area contributed by atoms with Crippen LogP contribution in [0.5, 0.6) is 0 Å². The molecule has 0 spiro atoms. The zero-order chi connectivity index (χ0) is 13.0. The highest BCUT2D eigenvalue weighted by Crippen LogP contribution is 2.26. The maximum Gasteiger partial charge on any atom is 0.240 e. The van der Waals surface area contributed by atoms with Gasteiger partial charge in [-0.3, -0.25) is 5.43 Å². The van der Waals surface area contributed by atoms with Gasteiger partial charge in [-0.2, -0.15) is 4.98 Å². The van der Waals surface area contributed by atoms with Crippen LogP contribution in [0, 0.1) is 0 Å². The van der Waals surface area contributed by atoms with Crippen molar-refractivity contribution >= 4 is 33.3 Å². The van der Waals surface area contributed by atoms with Gasteiger partial charge < -0.3 is 10.2 Å². The molecule has 0 fully saturated rings. The average molecular weight is 266 g/mol. The van der Waals surface area contributed by atoms with Crippen molar-refractivity contribution in [2.24, 2.45) is 5.84 Å². The van der Waals surface area contributed by atoms with Crippen LogP contribution in [-0.2, 0) is 0 Å². The third-order valence-electron chi connectivity index (χ3n) is 2.53. The van der Waals surface area contributed by atoms with E-state index in [1.165, 1.54) is 0 Å². The molecule has 6 nitrogen and oxygen atoms in total. The van der Waals surface area contributed by atoms with E-state index in [4.69, 9.17) is 5.84 Å².